The number of thiophene rings is 1. The van der Waals surface area contributed by atoms with Crippen LogP contribution in [0.4, 0.5) is 0 Å². The van der Waals surface area contributed by atoms with Gasteiger partial charge < -0.3 is 14.5 Å². The summed E-state index contributed by atoms with van der Waals surface area (Å²) in [6, 6.07) is 5.31. The van der Waals surface area contributed by atoms with Crippen molar-refractivity contribution in [2.75, 3.05) is 0 Å². The molecule has 1 N–H and O–H groups in total. The van der Waals surface area contributed by atoms with Crippen LogP contribution in [0.5, 0.6) is 0 Å². The number of aryl methyl sites for hydroxylation is 2. The summed E-state index contributed by atoms with van der Waals surface area (Å²) in [6.07, 6.45) is 1.56. The number of hydrogen-bond donors (Lipinski definition) is 1. The Morgan fingerprint density at radius 2 is 2.23 bits per heavy atom. The Bertz CT molecular complexity index is 645. The van der Waals surface area contributed by atoms with Crippen LogP contribution in [0.15, 0.2) is 28.9 Å². The molecule has 0 aromatic carbocycles. The highest BCUT2D eigenvalue weighted by Crippen LogP contribution is 2.23. The molecule has 118 valence electrons. The molecule has 0 aliphatic rings. The molecule has 1 amide bonds. The van der Waals surface area contributed by atoms with Crippen LogP contribution >= 0.6 is 11.3 Å². The highest BCUT2D eigenvalue weighted by atomic mass is 32.1. The SMILES string of the molecule is CCc1sc(C(=O)O[C@H](C)C(=O)NCc2ccco2)cc1C. The average molecular weight is 321 g/mol. The van der Waals surface area contributed by atoms with Gasteiger partial charge in [0.2, 0.25) is 0 Å². The van der Waals surface area contributed by atoms with Gasteiger partial charge in [-0.1, -0.05) is 6.92 Å². The molecule has 22 heavy (non-hydrogen) atoms. The summed E-state index contributed by atoms with van der Waals surface area (Å²) in [4.78, 5) is 25.7. The van der Waals surface area contributed by atoms with Crippen LogP contribution in [0.25, 0.3) is 0 Å². The monoisotopic (exact) mass is 321 g/mol. The van der Waals surface area contributed by atoms with E-state index >= 15 is 0 Å². The van der Waals surface area contributed by atoms with E-state index in [2.05, 4.69) is 5.32 Å². The number of hydrogen-bond acceptors (Lipinski definition) is 5. The molecule has 5 nitrogen and oxygen atoms in total. The molecule has 2 aromatic heterocycles. The van der Waals surface area contributed by atoms with Gasteiger partial charge in [0.25, 0.3) is 5.91 Å². The van der Waals surface area contributed by atoms with Gasteiger partial charge in [0.15, 0.2) is 6.10 Å². The third kappa shape index (κ3) is 3.98. The van der Waals surface area contributed by atoms with Gasteiger partial charge in [-0.15, -0.1) is 11.3 Å². The molecule has 2 heterocycles. The van der Waals surface area contributed by atoms with Gasteiger partial charge in [0.05, 0.1) is 12.8 Å². The fourth-order valence-corrected chi connectivity index (χ4v) is 2.97. The minimum Gasteiger partial charge on any atom is -0.467 e. The molecule has 0 aliphatic heterocycles. The van der Waals surface area contributed by atoms with Crippen molar-refractivity contribution in [3.05, 3.63) is 45.5 Å². The van der Waals surface area contributed by atoms with Gasteiger partial charge in [0, 0.05) is 4.88 Å². The molecule has 0 radical (unpaired) electrons. The van der Waals surface area contributed by atoms with Crippen molar-refractivity contribution in [2.24, 2.45) is 0 Å². The zero-order valence-corrected chi connectivity index (χ0v) is 13.7. The number of esters is 1. The molecule has 1 atom stereocenters. The van der Waals surface area contributed by atoms with Gasteiger partial charge in [-0.2, -0.15) is 0 Å². The smallest absolute Gasteiger partial charge is 0.349 e. The summed E-state index contributed by atoms with van der Waals surface area (Å²) >= 11 is 1.41. The van der Waals surface area contributed by atoms with Crippen molar-refractivity contribution in [3.8, 4) is 0 Å². The second kappa shape index (κ2) is 7.26. The molecule has 6 heteroatoms. The van der Waals surface area contributed by atoms with Crippen LogP contribution < -0.4 is 5.32 Å². The van der Waals surface area contributed by atoms with E-state index in [0.717, 1.165) is 16.9 Å². The van der Waals surface area contributed by atoms with Gasteiger partial charge in [-0.05, 0) is 44.0 Å². The van der Waals surface area contributed by atoms with Crippen molar-refractivity contribution >= 4 is 23.2 Å². The topological polar surface area (TPSA) is 68.5 Å². The highest BCUT2D eigenvalue weighted by Gasteiger charge is 2.20. The number of furan rings is 1. The fraction of sp³-hybridized carbons (Fsp3) is 0.375. The summed E-state index contributed by atoms with van der Waals surface area (Å²) in [5, 5.41) is 2.66. The van der Waals surface area contributed by atoms with Gasteiger partial charge >= 0.3 is 5.97 Å². The Labute approximate surface area is 133 Å². The Hall–Kier alpha value is -2.08. The minimum atomic E-state index is -0.852. The Morgan fingerprint density at radius 3 is 2.82 bits per heavy atom. The third-order valence-electron chi connectivity index (χ3n) is 3.21. The van der Waals surface area contributed by atoms with E-state index in [1.54, 1.807) is 25.1 Å². The van der Waals surface area contributed by atoms with E-state index in [4.69, 9.17) is 9.15 Å². The van der Waals surface area contributed by atoms with Gasteiger partial charge in [-0.25, -0.2) is 4.79 Å². The molecule has 0 saturated heterocycles. The summed E-state index contributed by atoms with van der Waals surface area (Å²) in [5.74, 6) is -0.171. The van der Waals surface area contributed by atoms with E-state index in [0.29, 0.717) is 10.6 Å². The average Bonchev–Trinajstić information content (AvgIpc) is 3.13. The molecular weight excluding hydrogens is 302 g/mol. The lowest BCUT2D eigenvalue weighted by atomic mass is 10.2. The first-order chi connectivity index (χ1) is 10.5. The summed E-state index contributed by atoms with van der Waals surface area (Å²) in [6.45, 7) is 5.83. The molecule has 0 fully saturated rings. The molecule has 0 spiro atoms. The third-order valence-corrected chi connectivity index (χ3v) is 4.57. The second-order valence-electron chi connectivity index (χ2n) is 4.92. The molecule has 0 aliphatic carbocycles. The van der Waals surface area contributed by atoms with Crippen LogP contribution in [0.3, 0.4) is 0 Å². The van der Waals surface area contributed by atoms with E-state index in [9.17, 15) is 9.59 Å². The first kappa shape index (κ1) is 16.3. The lowest BCUT2D eigenvalue weighted by molar-refractivity contribution is -0.129. The fourth-order valence-electron chi connectivity index (χ4n) is 1.97. The number of amides is 1. The summed E-state index contributed by atoms with van der Waals surface area (Å²) < 4.78 is 10.3. The number of carbonyl (C=O) groups excluding carboxylic acids is 2. The quantitative estimate of drug-likeness (QED) is 0.830. The first-order valence-electron chi connectivity index (χ1n) is 7.11. The zero-order chi connectivity index (χ0) is 16.1. The van der Waals surface area contributed by atoms with Crippen molar-refractivity contribution in [3.63, 3.8) is 0 Å². The van der Waals surface area contributed by atoms with Gasteiger partial charge in [0.1, 0.15) is 10.6 Å². The van der Waals surface area contributed by atoms with Gasteiger partial charge in [-0.3, -0.25) is 4.79 Å². The molecular formula is C16H19NO4S. The maximum absolute atomic E-state index is 12.1. The highest BCUT2D eigenvalue weighted by molar-refractivity contribution is 7.14. The minimum absolute atomic E-state index is 0.270. The lowest BCUT2D eigenvalue weighted by Crippen LogP contribution is -2.35. The molecule has 2 aromatic rings. The Balaban J connectivity index is 1.88. The van der Waals surface area contributed by atoms with Crippen LogP contribution in [0.1, 0.15) is 39.7 Å². The molecule has 0 saturated carbocycles. The Morgan fingerprint density at radius 1 is 1.45 bits per heavy atom. The summed E-state index contributed by atoms with van der Waals surface area (Å²) in [7, 11) is 0. The van der Waals surface area contributed by atoms with E-state index in [-0.39, 0.29) is 12.5 Å². The van der Waals surface area contributed by atoms with Crippen molar-refractivity contribution in [2.45, 2.75) is 39.8 Å². The summed E-state index contributed by atoms with van der Waals surface area (Å²) in [5.41, 5.74) is 1.08. The standard InChI is InChI=1S/C16H19NO4S/c1-4-13-10(2)8-14(22-13)16(19)21-11(3)15(18)17-9-12-6-5-7-20-12/h5-8,11H,4,9H2,1-3H3,(H,17,18)/t11-/m1/s1. The van der Waals surface area contributed by atoms with E-state index in [1.807, 2.05) is 13.8 Å². The van der Waals surface area contributed by atoms with Crippen molar-refractivity contribution < 1.29 is 18.7 Å². The normalized spacial score (nSPS) is 12.0. The second-order valence-corrected chi connectivity index (χ2v) is 6.05. The molecule has 0 unspecified atom stereocenters. The van der Waals surface area contributed by atoms with E-state index < -0.39 is 12.1 Å². The predicted molar refractivity (Wildman–Crippen MR) is 83.9 cm³/mol. The number of carbonyl (C=O) groups is 2. The van der Waals surface area contributed by atoms with Crippen molar-refractivity contribution in [1.82, 2.24) is 5.32 Å². The van der Waals surface area contributed by atoms with Crippen LogP contribution in [0.2, 0.25) is 0 Å². The van der Waals surface area contributed by atoms with E-state index in [1.165, 1.54) is 17.6 Å². The number of nitrogens with one attached hydrogen (secondary N) is 1. The molecule has 0 bridgehead atoms. The number of rotatable bonds is 6. The Kier molecular flexibility index (Phi) is 5.38. The van der Waals surface area contributed by atoms with Crippen LogP contribution in [0, 0.1) is 6.92 Å². The zero-order valence-electron chi connectivity index (χ0n) is 12.8. The maximum atomic E-state index is 12.1. The molecule has 2 rings (SSSR count). The predicted octanol–water partition coefficient (Wildman–Crippen LogP) is 3.07. The lowest BCUT2D eigenvalue weighted by Gasteiger charge is -2.12. The van der Waals surface area contributed by atoms with Crippen molar-refractivity contribution in [1.29, 1.82) is 0 Å². The largest absolute Gasteiger partial charge is 0.467 e. The first-order valence-corrected chi connectivity index (χ1v) is 7.93. The van der Waals surface area contributed by atoms with Crippen LogP contribution in [-0.4, -0.2) is 18.0 Å². The van der Waals surface area contributed by atoms with Crippen LogP contribution in [-0.2, 0) is 22.5 Å². The maximum Gasteiger partial charge on any atom is 0.349 e. The number of ether oxygens (including phenoxy) is 1.